The van der Waals surface area contributed by atoms with Crippen molar-refractivity contribution in [1.29, 1.82) is 0 Å². The third-order valence-electron chi connectivity index (χ3n) is 6.26. The van der Waals surface area contributed by atoms with E-state index in [4.69, 9.17) is 13.9 Å². The number of hydrogen-bond donors (Lipinski definition) is 1. The molecule has 2 aliphatic heterocycles. The minimum absolute atomic E-state index is 0.0542. The molecule has 3 atom stereocenters. The maximum absolute atomic E-state index is 13.1. The van der Waals surface area contributed by atoms with E-state index in [9.17, 15) is 14.7 Å². The second-order valence-corrected chi connectivity index (χ2v) is 14.2. The maximum Gasteiger partial charge on any atom is 0.411 e. The second kappa shape index (κ2) is 8.88. The van der Waals surface area contributed by atoms with Gasteiger partial charge in [-0.3, -0.25) is 4.90 Å². The highest BCUT2D eigenvalue weighted by Crippen LogP contribution is 2.41. The van der Waals surface area contributed by atoms with Crippen LogP contribution in [0.4, 0.5) is 4.79 Å². The van der Waals surface area contributed by atoms with Gasteiger partial charge in [-0.25, -0.2) is 9.59 Å². The number of benzene rings is 1. The van der Waals surface area contributed by atoms with E-state index in [1.807, 2.05) is 30.3 Å². The van der Waals surface area contributed by atoms with Crippen molar-refractivity contribution < 1.29 is 28.6 Å². The smallest absolute Gasteiger partial charge is 0.411 e. The van der Waals surface area contributed by atoms with Crippen LogP contribution in [0.15, 0.2) is 54.5 Å². The summed E-state index contributed by atoms with van der Waals surface area (Å²) in [5.41, 5.74) is 1.54. The molecule has 1 aromatic carbocycles. The number of rotatable bonds is 5. The van der Waals surface area contributed by atoms with Crippen molar-refractivity contribution in [3.63, 3.8) is 0 Å². The SMILES string of the molecule is CC(C)(C)[Si](C)(C)O[C@@H]1C=COC=C2C[C@@H](C(=O)O)N(C(=O)OCc3ccccc3)[C@@H]21. The lowest BCUT2D eigenvalue weighted by Crippen LogP contribution is -2.53. The third-order valence-corrected chi connectivity index (χ3v) is 10.7. The van der Waals surface area contributed by atoms with E-state index in [1.165, 1.54) is 17.4 Å². The molecule has 1 N–H and O–H groups in total. The third kappa shape index (κ3) is 5.02. The average molecular weight is 446 g/mol. The number of carboxylic acid groups (broad SMARTS) is 1. The molecule has 31 heavy (non-hydrogen) atoms. The maximum atomic E-state index is 13.1. The number of fused-ring (bicyclic) bond motifs is 1. The molecule has 0 aromatic heterocycles. The summed E-state index contributed by atoms with van der Waals surface area (Å²) in [5, 5.41) is 9.76. The topological polar surface area (TPSA) is 85.3 Å². The minimum atomic E-state index is -2.22. The first kappa shape index (κ1) is 23.1. The highest BCUT2D eigenvalue weighted by atomic mass is 28.4. The molecular formula is C23H31NO6Si. The van der Waals surface area contributed by atoms with E-state index >= 15 is 0 Å². The summed E-state index contributed by atoms with van der Waals surface area (Å²) in [4.78, 5) is 26.4. The van der Waals surface area contributed by atoms with Crippen LogP contribution in [0.25, 0.3) is 0 Å². The lowest BCUT2D eigenvalue weighted by Gasteiger charge is -2.41. The summed E-state index contributed by atoms with van der Waals surface area (Å²) in [5.74, 6) is -1.08. The van der Waals surface area contributed by atoms with Gasteiger partial charge in [-0.05, 0) is 35.3 Å². The molecule has 1 fully saturated rings. The molecule has 1 amide bonds. The van der Waals surface area contributed by atoms with Gasteiger partial charge in [0.1, 0.15) is 12.6 Å². The number of likely N-dealkylation sites (tertiary alicyclic amines) is 1. The Morgan fingerprint density at radius 3 is 2.52 bits per heavy atom. The number of nitrogens with zero attached hydrogens (tertiary/aromatic N) is 1. The standard InChI is InChI=1S/C23H31NO6Si/c1-23(2,3)31(4,5)30-19-11-12-28-15-17-13-18(21(25)26)24(20(17)19)22(27)29-14-16-9-7-6-8-10-16/h6-12,15,18-20H,13-14H2,1-5H3,(H,25,26)/t18-,19+,20-/m0/s1. The van der Waals surface area contributed by atoms with Gasteiger partial charge in [0.2, 0.25) is 0 Å². The lowest BCUT2D eigenvalue weighted by atomic mass is 10.0. The van der Waals surface area contributed by atoms with Gasteiger partial charge >= 0.3 is 12.1 Å². The predicted molar refractivity (Wildman–Crippen MR) is 119 cm³/mol. The molecule has 1 saturated heterocycles. The van der Waals surface area contributed by atoms with Gasteiger partial charge in [-0.15, -0.1) is 0 Å². The van der Waals surface area contributed by atoms with Crippen LogP contribution in [-0.4, -0.2) is 48.6 Å². The Morgan fingerprint density at radius 2 is 1.90 bits per heavy atom. The van der Waals surface area contributed by atoms with Crippen molar-refractivity contribution in [1.82, 2.24) is 4.90 Å². The van der Waals surface area contributed by atoms with Crippen molar-refractivity contribution in [2.75, 3.05) is 0 Å². The van der Waals surface area contributed by atoms with Crippen LogP contribution in [-0.2, 0) is 25.3 Å². The fourth-order valence-corrected chi connectivity index (χ4v) is 4.76. The van der Waals surface area contributed by atoms with Crippen molar-refractivity contribution in [2.24, 2.45) is 0 Å². The first-order valence-corrected chi connectivity index (χ1v) is 13.3. The number of aliphatic carboxylic acids is 1. The number of hydrogen-bond acceptors (Lipinski definition) is 5. The van der Waals surface area contributed by atoms with Gasteiger partial charge in [0.15, 0.2) is 8.32 Å². The summed E-state index contributed by atoms with van der Waals surface area (Å²) < 4.78 is 17.6. The minimum Gasteiger partial charge on any atom is -0.480 e. The zero-order valence-electron chi connectivity index (χ0n) is 18.7. The molecule has 0 radical (unpaired) electrons. The largest absolute Gasteiger partial charge is 0.480 e. The summed E-state index contributed by atoms with van der Waals surface area (Å²) in [6.45, 7) is 10.7. The Labute approximate surface area is 184 Å². The first-order valence-electron chi connectivity index (χ1n) is 10.4. The molecule has 2 heterocycles. The van der Waals surface area contributed by atoms with E-state index in [0.717, 1.165) is 5.56 Å². The normalized spacial score (nSPS) is 23.5. The van der Waals surface area contributed by atoms with Crippen molar-refractivity contribution in [3.05, 3.63) is 60.1 Å². The van der Waals surface area contributed by atoms with Crippen LogP contribution >= 0.6 is 0 Å². The van der Waals surface area contributed by atoms with Gasteiger partial charge < -0.3 is 19.0 Å². The van der Waals surface area contributed by atoms with Crippen molar-refractivity contribution in [2.45, 2.75) is 70.1 Å². The van der Waals surface area contributed by atoms with Gasteiger partial charge in [-0.2, -0.15) is 0 Å². The van der Waals surface area contributed by atoms with Crippen molar-refractivity contribution in [3.8, 4) is 0 Å². The van der Waals surface area contributed by atoms with Gasteiger partial charge in [-0.1, -0.05) is 51.1 Å². The highest BCUT2D eigenvalue weighted by molar-refractivity contribution is 6.74. The van der Waals surface area contributed by atoms with E-state index < -0.39 is 38.6 Å². The zero-order valence-corrected chi connectivity index (χ0v) is 19.7. The fourth-order valence-electron chi connectivity index (χ4n) is 3.52. The van der Waals surface area contributed by atoms with Crippen LogP contribution in [0.5, 0.6) is 0 Å². The van der Waals surface area contributed by atoms with Crippen LogP contribution in [0.2, 0.25) is 18.1 Å². The molecule has 8 heteroatoms. The molecule has 2 aliphatic rings. The van der Waals surface area contributed by atoms with Crippen molar-refractivity contribution >= 4 is 20.4 Å². The van der Waals surface area contributed by atoms with E-state index in [1.54, 1.807) is 6.08 Å². The molecule has 3 rings (SSSR count). The van der Waals surface area contributed by atoms with Crippen LogP contribution in [0, 0.1) is 0 Å². The number of carbonyl (C=O) groups is 2. The molecule has 0 unspecified atom stereocenters. The predicted octanol–water partition coefficient (Wildman–Crippen LogP) is 4.67. The Bertz CT molecular complexity index is 874. The quantitative estimate of drug-likeness (QED) is 0.663. The van der Waals surface area contributed by atoms with E-state index in [0.29, 0.717) is 5.57 Å². The van der Waals surface area contributed by atoms with Gasteiger partial charge in [0, 0.05) is 6.42 Å². The number of carboxylic acids is 1. The fraction of sp³-hybridized carbons (Fsp3) is 0.478. The Kier molecular flexibility index (Phi) is 6.61. The summed E-state index contributed by atoms with van der Waals surface area (Å²) in [6, 6.07) is 7.65. The Hall–Kier alpha value is -2.58. The molecular weight excluding hydrogens is 414 g/mol. The molecule has 0 bridgehead atoms. The molecule has 1 aromatic rings. The summed E-state index contributed by atoms with van der Waals surface area (Å²) >= 11 is 0. The van der Waals surface area contributed by atoms with E-state index in [-0.39, 0.29) is 18.1 Å². The monoisotopic (exact) mass is 445 g/mol. The molecule has 0 saturated carbocycles. The lowest BCUT2D eigenvalue weighted by molar-refractivity contribution is -0.142. The Morgan fingerprint density at radius 1 is 1.23 bits per heavy atom. The Balaban J connectivity index is 1.89. The number of amides is 1. The zero-order chi connectivity index (χ0) is 22.8. The number of carbonyl (C=O) groups excluding carboxylic acids is 1. The average Bonchev–Trinajstić information content (AvgIpc) is 2.98. The first-order chi connectivity index (χ1) is 14.5. The second-order valence-electron chi connectivity index (χ2n) is 9.45. The van der Waals surface area contributed by atoms with Crippen LogP contribution < -0.4 is 0 Å². The molecule has 7 nitrogen and oxygen atoms in total. The summed E-state index contributed by atoms with van der Waals surface area (Å²) in [7, 11) is -2.22. The summed E-state index contributed by atoms with van der Waals surface area (Å²) in [6.07, 6.45) is 3.78. The van der Waals surface area contributed by atoms with Gasteiger partial charge in [0.25, 0.3) is 0 Å². The van der Waals surface area contributed by atoms with Crippen LogP contribution in [0.3, 0.4) is 0 Å². The number of ether oxygens (including phenoxy) is 2. The van der Waals surface area contributed by atoms with Crippen LogP contribution in [0.1, 0.15) is 32.8 Å². The molecule has 0 spiro atoms. The van der Waals surface area contributed by atoms with Gasteiger partial charge in [0.05, 0.1) is 24.7 Å². The molecule has 168 valence electrons. The molecule has 0 aliphatic carbocycles. The highest BCUT2D eigenvalue weighted by Gasteiger charge is 2.51. The van der Waals surface area contributed by atoms with E-state index in [2.05, 4.69) is 33.9 Å².